The number of carbonyl (C=O) groups excluding carboxylic acids is 2. The average Bonchev–Trinajstić information content (AvgIpc) is 2.18. The van der Waals surface area contributed by atoms with Crippen LogP contribution in [0, 0.1) is 0 Å². The van der Waals surface area contributed by atoms with E-state index in [1.54, 1.807) is 0 Å². The summed E-state index contributed by atoms with van der Waals surface area (Å²) in [6, 6.07) is 0. The molecule has 0 aromatic heterocycles. The van der Waals surface area contributed by atoms with Crippen LogP contribution in [0.5, 0.6) is 0 Å². The van der Waals surface area contributed by atoms with Crippen LogP contribution in [-0.4, -0.2) is 49.6 Å². The van der Waals surface area contributed by atoms with E-state index in [1.165, 1.54) is 0 Å². The van der Waals surface area contributed by atoms with E-state index < -0.39 is 11.9 Å². The third-order valence-corrected chi connectivity index (χ3v) is 1.63. The molecule has 0 rings (SSSR count). The summed E-state index contributed by atoms with van der Waals surface area (Å²) in [7, 11) is 0. The first-order valence-corrected chi connectivity index (χ1v) is 5.06. The Hall–Kier alpha value is -0.242. The summed E-state index contributed by atoms with van der Waals surface area (Å²) in [6.45, 7) is 4.54. The van der Waals surface area contributed by atoms with Crippen molar-refractivity contribution < 1.29 is 19.1 Å². The van der Waals surface area contributed by atoms with Gasteiger partial charge in [-0.1, -0.05) is 26.7 Å². The zero-order valence-electron chi connectivity index (χ0n) is 9.58. The monoisotopic (exact) mass is 326 g/mol. The van der Waals surface area contributed by atoms with Crippen LogP contribution >= 0.6 is 0 Å². The Labute approximate surface area is 108 Å². The third kappa shape index (κ3) is 10.0. The molecule has 0 amide bonds. The van der Waals surface area contributed by atoms with Crippen LogP contribution in [0.3, 0.4) is 0 Å². The predicted octanol–water partition coefficient (Wildman–Crippen LogP) is 0.489. The Morgan fingerprint density at radius 2 is 1.20 bits per heavy atom. The van der Waals surface area contributed by atoms with Gasteiger partial charge >= 0.3 is 36.4 Å². The number of ether oxygens (including phenoxy) is 2. The molecule has 0 unspecified atom stereocenters. The molecule has 5 heteroatoms. The molecule has 0 saturated carbocycles. The molecule has 0 spiro atoms. The van der Waals surface area contributed by atoms with Gasteiger partial charge in [-0.15, -0.1) is 0 Å². The summed E-state index contributed by atoms with van der Waals surface area (Å²) in [5.41, 5.74) is 0. The van der Waals surface area contributed by atoms with Gasteiger partial charge in [0.05, 0.1) is 13.2 Å². The van der Waals surface area contributed by atoms with Gasteiger partial charge < -0.3 is 9.47 Å². The molecule has 0 atom stereocenters. The number of unbranched alkanes of at least 4 members (excludes halogenated alkanes) is 2. The first-order chi connectivity index (χ1) is 6.72. The topological polar surface area (TPSA) is 52.6 Å². The van der Waals surface area contributed by atoms with Crippen LogP contribution < -0.4 is 0 Å². The van der Waals surface area contributed by atoms with Crippen molar-refractivity contribution in [2.75, 3.05) is 13.2 Å². The number of rotatable bonds is 6. The number of hydrogen-bond acceptors (Lipinski definition) is 4. The second-order valence-corrected chi connectivity index (χ2v) is 2.98. The molecule has 0 fully saturated rings. The second kappa shape index (κ2) is 11.8. The van der Waals surface area contributed by atoms with Crippen LogP contribution in [0.15, 0.2) is 0 Å². The summed E-state index contributed by atoms with van der Waals surface area (Å²) >= 11 is 0. The van der Waals surface area contributed by atoms with E-state index in [0.29, 0.717) is 0 Å². The Bertz CT molecular complexity index is 162. The third-order valence-electron chi connectivity index (χ3n) is 1.63. The fourth-order valence-corrected chi connectivity index (χ4v) is 0.736. The van der Waals surface area contributed by atoms with Gasteiger partial charge in [-0.25, -0.2) is 9.59 Å². The normalized spacial score (nSPS) is 8.93. The van der Waals surface area contributed by atoms with Crippen molar-refractivity contribution in [3.63, 3.8) is 0 Å². The van der Waals surface area contributed by atoms with Crippen molar-refractivity contribution in [2.45, 2.75) is 39.5 Å². The van der Waals surface area contributed by atoms with Crippen LogP contribution in [0.1, 0.15) is 39.5 Å². The molecule has 15 heavy (non-hydrogen) atoms. The molecule has 4 nitrogen and oxygen atoms in total. The van der Waals surface area contributed by atoms with Gasteiger partial charge in [-0.2, -0.15) is 0 Å². The molecule has 0 saturated heterocycles. The SMILES string of the molecule is CCCCOC(=O)C(=O)OCCCC.[SbH3]. The zero-order chi connectivity index (χ0) is 10.8. The van der Waals surface area contributed by atoms with Gasteiger partial charge in [0.25, 0.3) is 0 Å². The predicted molar refractivity (Wildman–Crippen MR) is 61.7 cm³/mol. The minimum absolute atomic E-state index is 0. The summed E-state index contributed by atoms with van der Waals surface area (Å²) in [5, 5.41) is 0. The van der Waals surface area contributed by atoms with E-state index >= 15 is 0 Å². The Morgan fingerprint density at radius 3 is 1.47 bits per heavy atom. The summed E-state index contributed by atoms with van der Waals surface area (Å²) in [6.07, 6.45) is 3.40. The van der Waals surface area contributed by atoms with E-state index in [2.05, 4.69) is 9.47 Å². The molecule has 90 valence electrons. The van der Waals surface area contributed by atoms with Crippen molar-refractivity contribution in [3.05, 3.63) is 0 Å². The first kappa shape index (κ1) is 17.2. The molecule has 0 radical (unpaired) electrons. The van der Waals surface area contributed by atoms with E-state index in [1.807, 2.05) is 13.8 Å². The quantitative estimate of drug-likeness (QED) is 0.308. The summed E-state index contributed by atoms with van der Waals surface area (Å²) < 4.78 is 9.32. The zero-order valence-corrected chi connectivity index (χ0v) is 13.6. The van der Waals surface area contributed by atoms with Crippen molar-refractivity contribution in [2.24, 2.45) is 0 Å². The maximum atomic E-state index is 10.9. The Balaban J connectivity index is 0. The number of esters is 2. The van der Waals surface area contributed by atoms with E-state index in [0.717, 1.165) is 25.7 Å². The van der Waals surface area contributed by atoms with Crippen LogP contribution in [0.25, 0.3) is 0 Å². The molecule has 0 aromatic rings. The first-order valence-electron chi connectivity index (χ1n) is 5.06. The van der Waals surface area contributed by atoms with E-state index in [4.69, 9.17) is 0 Å². The molecule has 0 heterocycles. The van der Waals surface area contributed by atoms with Gasteiger partial charge in [-0.3, -0.25) is 0 Å². The molecule has 0 aliphatic heterocycles. The number of carbonyl (C=O) groups is 2. The molecule has 0 aromatic carbocycles. The average molecular weight is 327 g/mol. The molecule has 0 aliphatic carbocycles. The maximum absolute atomic E-state index is 10.9. The molecular formula is C10H21O4Sb. The Kier molecular flexibility index (Phi) is 13.5. The van der Waals surface area contributed by atoms with E-state index in [9.17, 15) is 9.59 Å². The van der Waals surface area contributed by atoms with Crippen molar-refractivity contribution in [1.29, 1.82) is 0 Å². The van der Waals surface area contributed by atoms with Gasteiger partial charge in [0, 0.05) is 0 Å². The summed E-state index contributed by atoms with van der Waals surface area (Å²) in [5.74, 6) is -1.76. The van der Waals surface area contributed by atoms with Crippen LogP contribution in [0.4, 0.5) is 0 Å². The van der Waals surface area contributed by atoms with Crippen molar-refractivity contribution in [1.82, 2.24) is 0 Å². The number of hydrogen-bond donors (Lipinski definition) is 0. The van der Waals surface area contributed by atoms with Crippen LogP contribution in [-0.2, 0) is 19.1 Å². The van der Waals surface area contributed by atoms with Gasteiger partial charge in [0.2, 0.25) is 0 Å². The molecular weight excluding hydrogens is 306 g/mol. The van der Waals surface area contributed by atoms with Crippen LogP contribution in [0.2, 0.25) is 0 Å². The fraction of sp³-hybridized carbons (Fsp3) is 0.800. The molecule has 0 bridgehead atoms. The van der Waals surface area contributed by atoms with Gasteiger partial charge in [0.15, 0.2) is 0 Å². The van der Waals surface area contributed by atoms with Gasteiger partial charge in [-0.05, 0) is 12.8 Å². The van der Waals surface area contributed by atoms with E-state index in [-0.39, 0.29) is 37.6 Å². The fourth-order valence-electron chi connectivity index (χ4n) is 0.736. The minimum atomic E-state index is -0.880. The van der Waals surface area contributed by atoms with Crippen molar-refractivity contribution in [3.8, 4) is 0 Å². The van der Waals surface area contributed by atoms with Crippen molar-refractivity contribution >= 4 is 36.4 Å². The standard InChI is InChI=1S/C10H18O4.Sb.3H/c1-3-5-7-13-9(11)10(12)14-8-6-4-2;;;;/h3-8H2,1-2H3;;;;. The molecule has 0 N–H and O–H groups in total. The Morgan fingerprint density at radius 1 is 0.867 bits per heavy atom. The second-order valence-electron chi connectivity index (χ2n) is 2.98. The van der Waals surface area contributed by atoms with Gasteiger partial charge in [0.1, 0.15) is 0 Å². The summed E-state index contributed by atoms with van der Waals surface area (Å²) in [4.78, 5) is 21.8. The molecule has 0 aliphatic rings.